The molecule has 2 heterocycles. The summed E-state index contributed by atoms with van der Waals surface area (Å²) in [6.07, 6.45) is 1.14. The zero-order valence-corrected chi connectivity index (χ0v) is 13.3. The molecule has 10 heteroatoms. The Balaban J connectivity index is 1.83. The summed E-state index contributed by atoms with van der Waals surface area (Å²) in [6, 6.07) is 6.11. The molecule has 0 fully saturated rings. The van der Waals surface area contributed by atoms with E-state index in [0.717, 1.165) is 11.1 Å². The molecule has 0 bridgehead atoms. The predicted octanol–water partition coefficient (Wildman–Crippen LogP) is 1.75. The third-order valence-electron chi connectivity index (χ3n) is 2.66. The molecule has 2 rings (SSSR count). The highest BCUT2D eigenvalue weighted by molar-refractivity contribution is 7.91. The predicted molar refractivity (Wildman–Crippen MR) is 83.6 cm³/mol. The Labute approximate surface area is 131 Å². The molecule has 2 aromatic rings. The topological polar surface area (TPSA) is 114 Å². The lowest BCUT2D eigenvalue weighted by molar-refractivity contribution is -0.385. The first-order valence-corrected chi connectivity index (χ1v) is 8.59. The SMILES string of the molecule is Cc1ccc(S(=O)(=O)NCCNc2ccc([N+](=O)[O-])cn2)s1. The fourth-order valence-electron chi connectivity index (χ4n) is 1.60. The Morgan fingerprint density at radius 3 is 2.59 bits per heavy atom. The number of nitrogens with zero attached hydrogens (tertiary/aromatic N) is 2. The van der Waals surface area contributed by atoms with Crippen molar-refractivity contribution >= 4 is 32.9 Å². The second-order valence-electron chi connectivity index (χ2n) is 4.35. The molecule has 0 radical (unpaired) electrons. The Morgan fingerprint density at radius 1 is 1.27 bits per heavy atom. The molecule has 0 atom stereocenters. The number of nitrogens with one attached hydrogen (secondary N) is 2. The van der Waals surface area contributed by atoms with Gasteiger partial charge in [0.25, 0.3) is 5.69 Å². The highest BCUT2D eigenvalue weighted by Crippen LogP contribution is 2.20. The van der Waals surface area contributed by atoms with Gasteiger partial charge < -0.3 is 5.32 Å². The lowest BCUT2D eigenvalue weighted by Gasteiger charge is -2.06. The van der Waals surface area contributed by atoms with Crippen LogP contribution in [0.3, 0.4) is 0 Å². The van der Waals surface area contributed by atoms with Crippen LogP contribution in [0.5, 0.6) is 0 Å². The van der Waals surface area contributed by atoms with Crippen molar-refractivity contribution in [3.05, 3.63) is 45.5 Å². The summed E-state index contributed by atoms with van der Waals surface area (Å²) in [4.78, 5) is 14.7. The molecule has 0 aliphatic rings. The number of thiophene rings is 1. The van der Waals surface area contributed by atoms with Gasteiger partial charge in [0.1, 0.15) is 16.2 Å². The molecule has 0 saturated carbocycles. The molecule has 0 aromatic carbocycles. The van der Waals surface area contributed by atoms with Crippen LogP contribution >= 0.6 is 11.3 Å². The van der Waals surface area contributed by atoms with Crippen LogP contribution in [0.2, 0.25) is 0 Å². The number of nitro groups is 1. The first-order valence-electron chi connectivity index (χ1n) is 6.29. The summed E-state index contributed by atoms with van der Waals surface area (Å²) in [5, 5.41) is 13.4. The molecule has 0 saturated heterocycles. The molecule has 8 nitrogen and oxygen atoms in total. The molecule has 2 N–H and O–H groups in total. The maximum Gasteiger partial charge on any atom is 0.287 e. The Bertz CT molecular complexity index is 756. The normalized spacial score (nSPS) is 11.3. The van der Waals surface area contributed by atoms with Crippen molar-refractivity contribution in [1.82, 2.24) is 9.71 Å². The lowest BCUT2D eigenvalue weighted by atomic mass is 10.4. The van der Waals surface area contributed by atoms with Crippen LogP contribution in [-0.4, -0.2) is 31.4 Å². The molecule has 0 aliphatic heterocycles. The molecule has 0 amide bonds. The highest BCUT2D eigenvalue weighted by Gasteiger charge is 2.15. The Hall–Kier alpha value is -2.04. The van der Waals surface area contributed by atoms with Crippen LogP contribution in [0.15, 0.2) is 34.7 Å². The van der Waals surface area contributed by atoms with E-state index >= 15 is 0 Å². The lowest BCUT2D eigenvalue weighted by Crippen LogP contribution is -2.28. The summed E-state index contributed by atoms with van der Waals surface area (Å²) in [6.45, 7) is 2.33. The van der Waals surface area contributed by atoms with E-state index in [0.29, 0.717) is 12.4 Å². The summed E-state index contributed by atoms with van der Waals surface area (Å²) in [5.74, 6) is 0.441. The average Bonchev–Trinajstić information content (AvgIpc) is 2.92. The summed E-state index contributed by atoms with van der Waals surface area (Å²) >= 11 is 1.21. The van der Waals surface area contributed by atoms with E-state index in [1.807, 2.05) is 6.92 Å². The molecule has 2 aromatic heterocycles. The van der Waals surface area contributed by atoms with Crippen LogP contribution in [0.25, 0.3) is 0 Å². The Kier molecular flexibility index (Phi) is 5.06. The second-order valence-corrected chi connectivity index (χ2v) is 7.63. The van der Waals surface area contributed by atoms with E-state index in [1.54, 1.807) is 12.1 Å². The van der Waals surface area contributed by atoms with Crippen LogP contribution < -0.4 is 10.0 Å². The van der Waals surface area contributed by atoms with Gasteiger partial charge in [-0.2, -0.15) is 0 Å². The fraction of sp³-hybridized carbons (Fsp3) is 0.250. The maximum atomic E-state index is 12.0. The monoisotopic (exact) mass is 342 g/mol. The van der Waals surface area contributed by atoms with E-state index in [1.165, 1.54) is 23.5 Å². The van der Waals surface area contributed by atoms with Crippen LogP contribution in [0.1, 0.15) is 4.88 Å². The van der Waals surface area contributed by atoms with E-state index < -0.39 is 14.9 Å². The minimum absolute atomic E-state index is 0.0979. The third kappa shape index (κ3) is 4.23. The van der Waals surface area contributed by atoms with Crippen molar-refractivity contribution in [2.75, 3.05) is 18.4 Å². The quantitative estimate of drug-likeness (QED) is 0.450. The maximum absolute atomic E-state index is 12.0. The van der Waals surface area contributed by atoms with Crippen LogP contribution in [-0.2, 0) is 10.0 Å². The van der Waals surface area contributed by atoms with E-state index in [9.17, 15) is 18.5 Å². The van der Waals surface area contributed by atoms with Gasteiger partial charge in [0.15, 0.2) is 0 Å². The van der Waals surface area contributed by atoms with Gasteiger partial charge in [-0.1, -0.05) is 0 Å². The summed E-state index contributed by atoms with van der Waals surface area (Å²) in [5.41, 5.74) is -0.0979. The first-order chi connectivity index (χ1) is 10.4. The number of aryl methyl sites for hydroxylation is 1. The van der Waals surface area contributed by atoms with Crippen molar-refractivity contribution in [2.24, 2.45) is 0 Å². The fourth-order valence-corrected chi connectivity index (χ4v) is 3.96. The third-order valence-corrected chi connectivity index (χ3v) is 5.62. The molecule has 0 spiro atoms. The zero-order valence-electron chi connectivity index (χ0n) is 11.6. The van der Waals surface area contributed by atoms with Gasteiger partial charge in [0.05, 0.1) is 4.92 Å². The smallest absolute Gasteiger partial charge is 0.287 e. The number of sulfonamides is 1. The molecule has 22 heavy (non-hydrogen) atoms. The van der Waals surface area contributed by atoms with Crippen molar-refractivity contribution in [2.45, 2.75) is 11.1 Å². The van der Waals surface area contributed by atoms with Crippen molar-refractivity contribution in [1.29, 1.82) is 0 Å². The van der Waals surface area contributed by atoms with E-state index in [-0.39, 0.29) is 16.4 Å². The van der Waals surface area contributed by atoms with Gasteiger partial charge in [0.2, 0.25) is 10.0 Å². The van der Waals surface area contributed by atoms with Crippen LogP contribution in [0, 0.1) is 17.0 Å². The van der Waals surface area contributed by atoms with Crippen molar-refractivity contribution in [3.63, 3.8) is 0 Å². The largest absolute Gasteiger partial charge is 0.369 e. The number of rotatable bonds is 7. The molecular formula is C12H14N4O4S2. The summed E-state index contributed by atoms with van der Waals surface area (Å²) in [7, 11) is -3.49. The van der Waals surface area contributed by atoms with Gasteiger partial charge in [-0.3, -0.25) is 10.1 Å². The van der Waals surface area contributed by atoms with Crippen molar-refractivity contribution < 1.29 is 13.3 Å². The van der Waals surface area contributed by atoms with Crippen LogP contribution in [0.4, 0.5) is 11.5 Å². The van der Waals surface area contributed by atoms with Crippen molar-refractivity contribution in [3.8, 4) is 0 Å². The number of hydrogen-bond acceptors (Lipinski definition) is 7. The van der Waals surface area contributed by atoms with Gasteiger partial charge >= 0.3 is 0 Å². The van der Waals surface area contributed by atoms with Gasteiger partial charge in [-0.05, 0) is 25.1 Å². The Morgan fingerprint density at radius 2 is 2.05 bits per heavy atom. The summed E-state index contributed by atoms with van der Waals surface area (Å²) < 4.78 is 26.7. The minimum atomic E-state index is -3.49. The number of pyridine rings is 1. The van der Waals surface area contributed by atoms with Gasteiger partial charge in [0, 0.05) is 24.0 Å². The minimum Gasteiger partial charge on any atom is -0.369 e. The number of hydrogen-bond donors (Lipinski definition) is 2. The standard InChI is InChI=1S/C12H14N4O4S2/c1-9-2-5-12(21-9)22(19,20)15-7-6-13-11-4-3-10(8-14-11)16(17)18/h2-5,8,15H,6-7H2,1H3,(H,13,14). The first kappa shape index (κ1) is 16.3. The van der Waals surface area contributed by atoms with E-state index in [2.05, 4.69) is 15.0 Å². The molecule has 0 unspecified atom stereocenters. The molecule has 0 aliphatic carbocycles. The highest BCUT2D eigenvalue weighted by atomic mass is 32.2. The molecular weight excluding hydrogens is 328 g/mol. The average molecular weight is 342 g/mol. The second kappa shape index (κ2) is 6.81. The number of aromatic nitrogens is 1. The molecule has 118 valence electrons. The number of anilines is 1. The zero-order chi connectivity index (χ0) is 16.2. The van der Waals surface area contributed by atoms with Gasteiger partial charge in [-0.15, -0.1) is 11.3 Å². The van der Waals surface area contributed by atoms with E-state index in [4.69, 9.17) is 0 Å². The van der Waals surface area contributed by atoms with Gasteiger partial charge in [-0.25, -0.2) is 18.1 Å².